The summed E-state index contributed by atoms with van der Waals surface area (Å²) in [5.74, 6) is 0.639. The zero-order chi connectivity index (χ0) is 8.82. The number of rotatable bonds is 1. The molecule has 0 saturated heterocycles. The van der Waals surface area contributed by atoms with Gasteiger partial charge in [-0.1, -0.05) is 0 Å². The van der Waals surface area contributed by atoms with Crippen molar-refractivity contribution in [3.05, 3.63) is 0 Å². The molecule has 0 aromatic carbocycles. The second kappa shape index (κ2) is 2.10. The Kier molecular flexibility index (Phi) is 1.36. The number of hydrogen-bond donors (Lipinski definition) is 0. The SMILES string of the molecule is CC1(C#N)CC2CCC1(C=O)C2. The molecule has 3 atom stereocenters. The van der Waals surface area contributed by atoms with Crippen molar-refractivity contribution in [2.75, 3.05) is 0 Å². The van der Waals surface area contributed by atoms with E-state index in [1.807, 2.05) is 6.92 Å². The summed E-state index contributed by atoms with van der Waals surface area (Å²) in [6.45, 7) is 1.94. The second-order valence-electron chi connectivity index (χ2n) is 4.53. The van der Waals surface area contributed by atoms with Gasteiger partial charge in [-0.3, -0.25) is 0 Å². The molecule has 12 heavy (non-hydrogen) atoms. The third-order valence-electron chi connectivity index (χ3n) is 3.92. The van der Waals surface area contributed by atoms with Gasteiger partial charge in [-0.25, -0.2) is 0 Å². The van der Waals surface area contributed by atoms with Crippen LogP contribution < -0.4 is 0 Å². The molecule has 2 bridgehead atoms. The summed E-state index contributed by atoms with van der Waals surface area (Å²) in [5, 5.41) is 9.03. The van der Waals surface area contributed by atoms with Crippen LogP contribution in [-0.4, -0.2) is 6.29 Å². The highest BCUT2D eigenvalue weighted by Gasteiger charge is 2.59. The number of hydrogen-bond acceptors (Lipinski definition) is 2. The molecule has 2 aliphatic rings. The van der Waals surface area contributed by atoms with Gasteiger partial charge in [0.1, 0.15) is 6.29 Å². The largest absolute Gasteiger partial charge is 0.303 e. The zero-order valence-corrected chi connectivity index (χ0v) is 7.34. The summed E-state index contributed by atoms with van der Waals surface area (Å²) >= 11 is 0. The molecule has 0 spiro atoms. The van der Waals surface area contributed by atoms with Crippen LogP contribution in [0, 0.1) is 28.1 Å². The van der Waals surface area contributed by atoms with Gasteiger partial charge in [0.25, 0.3) is 0 Å². The van der Waals surface area contributed by atoms with Crippen LogP contribution in [0.4, 0.5) is 0 Å². The van der Waals surface area contributed by atoms with Crippen LogP contribution >= 0.6 is 0 Å². The fourth-order valence-corrected chi connectivity index (χ4v) is 3.03. The van der Waals surface area contributed by atoms with Gasteiger partial charge in [-0.15, -0.1) is 0 Å². The molecular formula is C10H13NO. The van der Waals surface area contributed by atoms with E-state index in [4.69, 9.17) is 5.26 Å². The molecule has 2 aliphatic carbocycles. The average molecular weight is 163 g/mol. The van der Waals surface area contributed by atoms with E-state index in [9.17, 15) is 4.79 Å². The lowest BCUT2D eigenvalue weighted by atomic mass is 9.65. The quantitative estimate of drug-likeness (QED) is 0.554. The van der Waals surface area contributed by atoms with Crippen LogP contribution in [0.3, 0.4) is 0 Å². The second-order valence-corrected chi connectivity index (χ2v) is 4.53. The van der Waals surface area contributed by atoms with Gasteiger partial charge in [0, 0.05) is 5.41 Å². The monoisotopic (exact) mass is 163 g/mol. The number of fused-ring (bicyclic) bond motifs is 2. The molecule has 0 aliphatic heterocycles. The summed E-state index contributed by atoms with van der Waals surface area (Å²) in [4.78, 5) is 11.0. The van der Waals surface area contributed by atoms with E-state index in [0.717, 1.165) is 32.0 Å². The Hall–Kier alpha value is -0.840. The van der Waals surface area contributed by atoms with Crippen LogP contribution in [0.2, 0.25) is 0 Å². The van der Waals surface area contributed by atoms with Crippen molar-refractivity contribution in [2.24, 2.45) is 16.7 Å². The first kappa shape index (κ1) is 7.79. The molecule has 0 N–H and O–H groups in total. The van der Waals surface area contributed by atoms with E-state index in [1.165, 1.54) is 0 Å². The molecular weight excluding hydrogens is 150 g/mol. The first-order valence-electron chi connectivity index (χ1n) is 4.53. The third-order valence-corrected chi connectivity index (χ3v) is 3.92. The highest BCUT2D eigenvalue weighted by atomic mass is 16.1. The molecule has 2 rings (SSSR count). The summed E-state index contributed by atoms with van der Waals surface area (Å²) < 4.78 is 0. The molecule has 2 heteroatoms. The fraction of sp³-hybridized carbons (Fsp3) is 0.800. The van der Waals surface area contributed by atoms with E-state index >= 15 is 0 Å². The third kappa shape index (κ3) is 0.671. The van der Waals surface area contributed by atoms with Crippen LogP contribution in [0.15, 0.2) is 0 Å². The lowest BCUT2D eigenvalue weighted by Gasteiger charge is -2.34. The van der Waals surface area contributed by atoms with Crippen molar-refractivity contribution < 1.29 is 4.79 Å². The van der Waals surface area contributed by atoms with Crippen LogP contribution in [0.25, 0.3) is 0 Å². The van der Waals surface area contributed by atoms with Crippen LogP contribution in [0.5, 0.6) is 0 Å². The Bertz CT molecular complexity index is 268. The maximum Gasteiger partial charge on any atom is 0.127 e. The molecule has 2 saturated carbocycles. The Morgan fingerprint density at radius 1 is 1.58 bits per heavy atom. The predicted molar refractivity (Wildman–Crippen MR) is 44.2 cm³/mol. The zero-order valence-electron chi connectivity index (χ0n) is 7.34. The molecule has 2 nitrogen and oxygen atoms in total. The minimum atomic E-state index is -0.363. The summed E-state index contributed by atoms with van der Waals surface area (Å²) in [5.41, 5.74) is -0.649. The van der Waals surface area contributed by atoms with Crippen molar-refractivity contribution in [3.8, 4) is 6.07 Å². The van der Waals surface area contributed by atoms with Gasteiger partial charge in [0.05, 0.1) is 11.5 Å². The van der Waals surface area contributed by atoms with E-state index in [0.29, 0.717) is 5.92 Å². The van der Waals surface area contributed by atoms with Crippen LogP contribution in [-0.2, 0) is 4.79 Å². The van der Waals surface area contributed by atoms with Gasteiger partial charge in [0.2, 0.25) is 0 Å². The lowest BCUT2D eigenvalue weighted by Crippen LogP contribution is -2.35. The molecule has 0 radical (unpaired) electrons. The highest BCUT2D eigenvalue weighted by Crippen LogP contribution is 2.62. The number of aldehydes is 1. The Balaban J connectivity index is 2.42. The van der Waals surface area contributed by atoms with Gasteiger partial charge >= 0.3 is 0 Å². The molecule has 0 amide bonds. The summed E-state index contributed by atoms with van der Waals surface area (Å²) in [6, 6.07) is 2.33. The normalized spacial score (nSPS) is 50.5. The molecule has 0 aromatic heterocycles. The highest BCUT2D eigenvalue weighted by molar-refractivity contribution is 5.64. The minimum Gasteiger partial charge on any atom is -0.303 e. The van der Waals surface area contributed by atoms with Gasteiger partial charge in [-0.05, 0) is 38.5 Å². The van der Waals surface area contributed by atoms with Gasteiger partial charge in [0.15, 0.2) is 0 Å². The first-order valence-corrected chi connectivity index (χ1v) is 4.53. The lowest BCUT2D eigenvalue weighted by molar-refractivity contribution is -0.119. The maximum atomic E-state index is 11.0. The number of nitrogens with zero attached hydrogens (tertiary/aromatic N) is 1. The Labute approximate surface area is 72.6 Å². The summed E-state index contributed by atoms with van der Waals surface area (Å²) in [7, 11) is 0. The van der Waals surface area contributed by atoms with E-state index < -0.39 is 0 Å². The standard InChI is InChI=1S/C10H13NO/c1-9(6-11)4-8-2-3-10(9,5-8)7-12/h7-8H,2-5H2,1H3. The smallest absolute Gasteiger partial charge is 0.127 e. The molecule has 64 valence electrons. The van der Waals surface area contributed by atoms with Crippen molar-refractivity contribution in [3.63, 3.8) is 0 Å². The van der Waals surface area contributed by atoms with Crippen molar-refractivity contribution in [2.45, 2.75) is 32.6 Å². The Morgan fingerprint density at radius 3 is 2.75 bits per heavy atom. The van der Waals surface area contributed by atoms with Crippen LogP contribution in [0.1, 0.15) is 32.6 Å². The van der Waals surface area contributed by atoms with E-state index in [1.54, 1.807) is 0 Å². The predicted octanol–water partition coefficient (Wildman–Crippen LogP) is 1.91. The molecule has 2 fully saturated rings. The topological polar surface area (TPSA) is 40.9 Å². The Morgan fingerprint density at radius 2 is 2.33 bits per heavy atom. The number of carbonyl (C=O) groups is 1. The molecule has 0 heterocycles. The fourth-order valence-electron chi connectivity index (χ4n) is 3.03. The number of nitriles is 1. The summed E-state index contributed by atoms with van der Waals surface area (Å²) in [6.07, 6.45) is 5.02. The minimum absolute atomic E-state index is 0.285. The molecule has 0 aromatic rings. The van der Waals surface area contributed by atoms with E-state index in [2.05, 4.69) is 6.07 Å². The number of carbonyl (C=O) groups excluding carboxylic acids is 1. The maximum absolute atomic E-state index is 11.0. The average Bonchev–Trinajstić information content (AvgIpc) is 2.60. The first-order chi connectivity index (χ1) is 5.66. The van der Waals surface area contributed by atoms with Gasteiger partial charge in [-0.2, -0.15) is 5.26 Å². The van der Waals surface area contributed by atoms with Gasteiger partial charge < -0.3 is 4.79 Å². The van der Waals surface area contributed by atoms with Crippen molar-refractivity contribution >= 4 is 6.29 Å². The molecule has 3 unspecified atom stereocenters. The van der Waals surface area contributed by atoms with Crippen molar-refractivity contribution in [1.82, 2.24) is 0 Å². The van der Waals surface area contributed by atoms with Crippen molar-refractivity contribution in [1.29, 1.82) is 5.26 Å². The van der Waals surface area contributed by atoms with E-state index in [-0.39, 0.29) is 10.8 Å².